The minimum atomic E-state index is -4.09. The number of sulfonamides is 1. The van der Waals surface area contributed by atoms with E-state index >= 15 is 0 Å². The molecule has 0 unspecified atom stereocenters. The number of phenols is 1. The monoisotopic (exact) mass is 512 g/mol. The summed E-state index contributed by atoms with van der Waals surface area (Å²) in [4.78, 5) is 14.4. The second-order valence-electron chi connectivity index (χ2n) is 7.54. The van der Waals surface area contributed by atoms with Crippen molar-refractivity contribution in [2.45, 2.75) is 18.7 Å². The fraction of sp³-hybridized carbons (Fsp3) is 0.200. The van der Waals surface area contributed by atoms with Gasteiger partial charge in [-0.3, -0.25) is 10.2 Å². The molecule has 1 amide bonds. The van der Waals surface area contributed by atoms with Crippen LogP contribution in [0.2, 0.25) is 0 Å². The van der Waals surface area contributed by atoms with Gasteiger partial charge in [0.1, 0.15) is 18.1 Å². The first-order chi connectivity index (χ1) is 17.2. The second-order valence-corrected chi connectivity index (χ2v) is 9.22. The Kier molecular flexibility index (Phi) is 8.38. The van der Waals surface area contributed by atoms with E-state index < -0.39 is 22.5 Å². The van der Waals surface area contributed by atoms with Gasteiger partial charge in [0.25, 0.3) is 15.9 Å². The largest absolute Gasteiger partial charge is 0.507 e. The zero-order valence-corrected chi connectivity index (χ0v) is 20.7. The third-order valence-electron chi connectivity index (χ3n) is 5.03. The van der Waals surface area contributed by atoms with E-state index in [4.69, 9.17) is 20.6 Å². The van der Waals surface area contributed by atoms with Crippen LogP contribution in [0.3, 0.4) is 0 Å². The Labute approximate surface area is 209 Å². The maximum atomic E-state index is 12.9. The lowest BCUT2D eigenvalue weighted by molar-refractivity contribution is -0.117. The zero-order valence-electron chi connectivity index (χ0n) is 19.9. The number of phenolic OH excluding ortho intramolecular Hbond substituents is 1. The number of carbonyl (C=O) groups excluding carboxylic acids is 1. The van der Waals surface area contributed by atoms with Gasteiger partial charge in [0.15, 0.2) is 11.5 Å². The average molecular weight is 513 g/mol. The summed E-state index contributed by atoms with van der Waals surface area (Å²) < 4.78 is 38.7. The van der Waals surface area contributed by atoms with Gasteiger partial charge in [0.2, 0.25) is 0 Å². The number of nitrogen functional groups attached to an aromatic ring is 1. The second kappa shape index (κ2) is 11.5. The summed E-state index contributed by atoms with van der Waals surface area (Å²) in [6.07, 6.45) is 0. The molecular weight excluding hydrogens is 484 g/mol. The lowest BCUT2D eigenvalue weighted by Crippen LogP contribution is -2.38. The van der Waals surface area contributed by atoms with Gasteiger partial charge >= 0.3 is 0 Å². The summed E-state index contributed by atoms with van der Waals surface area (Å²) in [7, 11) is -4.09. The molecule has 10 nitrogen and oxygen atoms in total. The van der Waals surface area contributed by atoms with Crippen molar-refractivity contribution in [3.05, 3.63) is 72.3 Å². The maximum Gasteiger partial charge on any atom is 0.264 e. The van der Waals surface area contributed by atoms with Crippen LogP contribution in [0, 0.1) is 5.41 Å². The summed E-state index contributed by atoms with van der Waals surface area (Å²) in [5.74, 6) is -0.450. The van der Waals surface area contributed by atoms with Gasteiger partial charge in [0, 0.05) is 23.5 Å². The molecular formula is C25H28N4O6S. The Morgan fingerprint density at radius 2 is 1.58 bits per heavy atom. The first-order valence-electron chi connectivity index (χ1n) is 11.1. The summed E-state index contributed by atoms with van der Waals surface area (Å²) in [5, 5.41) is 18.0. The molecule has 0 spiro atoms. The van der Waals surface area contributed by atoms with Crippen LogP contribution in [0.4, 0.5) is 11.4 Å². The number of nitrogens with two attached hydrogens (primary N) is 1. The van der Waals surface area contributed by atoms with E-state index in [-0.39, 0.29) is 22.0 Å². The number of amidine groups is 1. The van der Waals surface area contributed by atoms with Crippen LogP contribution < -0.4 is 24.8 Å². The third kappa shape index (κ3) is 6.25. The van der Waals surface area contributed by atoms with Crippen molar-refractivity contribution in [3.8, 4) is 17.2 Å². The standard InChI is InChI=1S/C25H28N4O6S/c1-3-34-22-13-11-18(15-23(22)35-4-2)29(17-10-12-20(25(26)27)21(30)14-17)16-24(31)28-36(32,33)19-8-6-5-7-9-19/h5-15,30H,3-4,16H2,1-2H3,(H3,26,27)(H,28,31). The molecule has 3 rings (SSSR count). The molecule has 0 saturated heterocycles. The number of hydrogen-bond donors (Lipinski definition) is 4. The molecule has 0 atom stereocenters. The predicted octanol–water partition coefficient (Wildman–Crippen LogP) is 3.12. The Bertz CT molecular complexity index is 1350. The molecule has 0 aliphatic carbocycles. The first-order valence-corrected chi connectivity index (χ1v) is 12.6. The summed E-state index contributed by atoms with van der Waals surface area (Å²) in [5.41, 5.74) is 6.46. The Balaban J connectivity index is 2.01. The van der Waals surface area contributed by atoms with Crippen molar-refractivity contribution in [1.82, 2.24) is 4.72 Å². The smallest absolute Gasteiger partial charge is 0.264 e. The van der Waals surface area contributed by atoms with E-state index in [0.717, 1.165) is 0 Å². The first kappa shape index (κ1) is 26.4. The van der Waals surface area contributed by atoms with Crippen LogP contribution in [-0.2, 0) is 14.8 Å². The van der Waals surface area contributed by atoms with Crippen LogP contribution in [0.15, 0.2) is 71.6 Å². The van der Waals surface area contributed by atoms with E-state index in [9.17, 15) is 18.3 Å². The van der Waals surface area contributed by atoms with Crippen LogP contribution >= 0.6 is 0 Å². The predicted molar refractivity (Wildman–Crippen MR) is 137 cm³/mol. The highest BCUT2D eigenvalue weighted by atomic mass is 32.2. The number of aromatic hydroxyl groups is 1. The van der Waals surface area contributed by atoms with Crippen molar-refractivity contribution in [2.24, 2.45) is 5.73 Å². The maximum absolute atomic E-state index is 12.9. The molecule has 3 aromatic rings. The molecule has 0 radical (unpaired) electrons. The lowest BCUT2D eigenvalue weighted by Gasteiger charge is -2.26. The van der Waals surface area contributed by atoms with E-state index in [1.54, 1.807) is 42.5 Å². The van der Waals surface area contributed by atoms with Gasteiger partial charge in [-0.2, -0.15) is 0 Å². The van der Waals surface area contributed by atoms with Crippen LogP contribution in [0.1, 0.15) is 19.4 Å². The van der Waals surface area contributed by atoms with Gasteiger partial charge in [-0.25, -0.2) is 13.1 Å². The fourth-order valence-electron chi connectivity index (χ4n) is 3.44. The number of amides is 1. The Hall–Kier alpha value is -4.25. The minimum Gasteiger partial charge on any atom is -0.507 e. The molecule has 0 aliphatic rings. The van der Waals surface area contributed by atoms with Crippen molar-refractivity contribution in [3.63, 3.8) is 0 Å². The number of benzene rings is 3. The summed E-state index contributed by atoms with van der Waals surface area (Å²) in [6, 6.07) is 16.9. The molecule has 0 heterocycles. The van der Waals surface area contributed by atoms with Gasteiger partial charge in [-0.1, -0.05) is 18.2 Å². The number of carbonyl (C=O) groups is 1. The molecule has 0 aliphatic heterocycles. The molecule has 11 heteroatoms. The van der Waals surface area contributed by atoms with Gasteiger partial charge in [-0.05, 0) is 50.2 Å². The fourth-order valence-corrected chi connectivity index (χ4v) is 4.44. The van der Waals surface area contributed by atoms with E-state index in [1.165, 1.54) is 29.2 Å². The SMILES string of the molecule is CCOc1ccc(N(CC(=O)NS(=O)(=O)c2ccccc2)c2ccc(C(=N)N)c(O)c2)cc1OCC. The molecule has 0 saturated carbocycles. The van der Waals surface area contributed by atoms with Crippen LogP contribution in [0.5, 0.6) is 17.2 Å². The number of hydrogen-bond acceptors (Lipinski definition) is 8. The number of ether oxygens (including phenoxy) is 2. The average Bonchev–Trinajstić information content (AvgIpc) is 2.84. The molecule has 36 heavy (non-hydrogen) atoms. The van der Waals surface area contributed by atoms with Crippen molar-refractivity contribution >= 4 is 33.1 Å². The van der Waals surface area contributed by atoms with E-state index in [0.29, 0.717) is 36.1 Å². The molecule has 3 aromatic carbocycles. The van der Waals surface area contributed by atoms with Crippen molar-refractivity contribution in [2.75, 3.05) is 24.7 Å². The summed E-state index contributed by atoms with van der Waals surface area (Å²) >= 11 is 0. The quantitative estimate of drug-likeness (QED) is 0.226. The normalized spacial score (nSPS) is 10.9. The molecule has 0 fully saturated rings. The van der Waals surface area contributed by atoms with Gasteiger partial charge < -0.3 is 25.2 Å². The van der Waals surface area contributed by atoms with Crippen LogP contribution in [-0.4, -0.2) is 45.0 Å². The number of rotatable bonds is 11. The van der Waals surface area contributed by atoms with Gasteiger partial charge in [-0.15, -0.1) is 0 Å². The lowest BCUT2D eigenvalue weighted by atomic mass is 10.1. The molecule has 0 aromatic heterocycles. The summed E-state index contributed by atoms with van der Waals surface area (Å²) in [6.45, 7) is 4.04. The number of nitrogens with zero attached hydrogens (tertiary/aromatic N) is 1. The zero-order chi connectivity index (χ0) is 26.3. The highest BCUT2D eigenvalue weighted by Gasteiger charge is 2.22. The highest BCUT2D eigenvalue weighted by molar-refractivity contribution is 7.90. The minimum absolute atomic E-state index is 0.0481. The van der Waals surface area contributed by atoms with Crippen molar-refractivity contribution < 1.29 is 27.8 Å². The Morgan fingerprint density at radius 3 is 2.19 bits per heavy atom. The molecule has 0 bridgehead atoms. The molecule has 190 valence electrons. The number of anilines is 2. The number of nitrogens with one attached hydrogen (secondary N) is 2. The topological polar surface area (TPSA) is 155 Å². The van der Waals surface area contributed by atoms with E-state index in [2.05, 4.69) is 4.72 Å². The molecule has 5 N–H and O–H groups in total. The van der Waals surface area contributed by atoms with Gasteiger partial charge in [0.05, 0.1) is 23.7 Å². The van der Waals surface area contributed by atoms with Crippen LogP contribution in [0.25, 0.3) is 0 Å². The van der Waals surface area contributed by atoms with E-state index in [1.807, 2.05) is 13.8 Å². The Morgan fingerprint density at radius 1 is 0.972 bits per heavy atom. The third-order valence-corrected chi connectivity index (χ3v) is 6.41. The van der Waals surface area contributed by atoms with Crippen molar-refractivity contribution in [1.29, 1.82) is 5.41 Å². The highest BCUT2D eigenvalue weighted by Crippen LogP contribution is 2.36.